The van der Waals surface area contributed by atoms with Crippen molar-refractivity contribution in [2.45, 2.75) is 406 Å². The van der Waals surface area contributed by atoms with E-state index in [0.717, 1.165) is 89.9 Å². The molecule has 0 aliphatic heterocycles. The van der Waals surface area contributed by atoms with Crippen LogP contribution in [0.4, 0.5) is 0 Å². The van der Waals surface area contributed by atoms with Crippen LogP contribution in [-0.2, 0) is 60.7 Å². The van der Waals surface area contributed by atoms with E-state index in [-0.39, 0.29) is 76.3 Å². The Morgan fingerprint density at radius 2 is 0.650 bits per heavy atom. The Balaban J connectivity index is 4.78. The summed E-state index contributed by atoms with van der Waals surface area (Å²) >= 11 is 0. The third-order valence-electron chi connectivity index (χ3n) is 18.2. The first-order valence-corrected chi connectivity index (χ1v) is 46.4. The molecule has 0 rings (SSSR count). The summed E-state index contributed by atoms with van der Waals surface area (Å²) in [5, 5.41) is 19.4. The lowest BCUT2D eigenvalue weighted by Gasteiger charge is -2.25. The second-order valence-electron chi connectivity index (χ2n) is 27.9. The number of aliphatic hydroxyl groups is 1. The van der Waals surface area contributed by atoms with Crippen LogP contribution in [0, 0.1) is 0 Å². The number of esters is 2. The van der Waals surface area contributed by atoms with Crippen LogP contribution in [0.5, 0.6) is 0 Å². The lowest BCUT2D eigenvalue weighted by Crippen LogP contribution is -2.46. The summed E-state index contributed by atoms with van der Waals surface area (Å²) < 4.78 is 57.6. The molecule has 0 aliphatic rings. The molecule has 23 heteroatoms. The molecule has 0 aromatic carbocycles. The summed E-state index contributed by atoms with van der Waals surface area (Å²) in [4.78, 5) is 84.8. The number of ether oxygens (including phenoxy) is 2. The number of carbonyl (C=O) groups is 5. The van der Waals surface area contributed by atoms with E-state index in [1.807, 2.05) is 0 Å². The molecule has 592 valence electrons. The first kappa shape index (κ1) is 98.2. The average Bonchev–Trinajstić information content (AvgIpc) is 0.936. The highest BCUT2D eigenvalue weighted by Gasteiger charge is 2.29. The third kappa shape index (κ3) is 71.8. The fourth-order valence-electron chi connectivity index (χ4n) is 11.9. The molecule has 0 spiro atoms. The van der Waals surface area contributed by atoms with Gasteiger partial charge >= 0.3 is 27.6 Å². The topological polar surface area (TPSA) is 272 Å². The summed E-state index contributed by atoms with van der Waals surface area (Å²) in [5.41, 5.74) is 0. The molecule has 0 fully saturated rings. The molecule has 3 amide bonds. The molecule has 0 aromatic heterocycles. The lowest BCUT2D eigenvalue weighted by atomic mass is 10.0. The van der Waals surface area contributed by atoms with Crippen molar-refractivity contribution in [2.24, 2.45) is 0 Å². The minimum Gasteiger partial charge on any atom is -0.462 e. The van der Waals surface area contributed by atoms with E-state index < -0.39 is 59.0 Å². The van der Waals surface area contributed by atoms with Gasteiger partial charge in [0, 0.05) is 56.7 Å². The zero-order chi connectivity index (χ0) is 73.4. The van der Waals surface area contributed by atoms with Gasteiger partial charge in [-0.05, 0) is 25.7 Å². The van der Waals surface area contributed by atoms with Crippen molar-refractivity contribution in [2.75, 3.05) is 57.6 Å². The van der Waals surface area contributed by atoms with Crippen LogP contribution in [0.15, 0.2) is 0 Å². The maximum atomic E-state index is 13.1. The van der Waals surface area contributed by atoms with E-state index in [0.29, 0.717) is 37.2 Å². The van der Waals surface area contributed by atoms with Crippen LogP contribution < -0.4 is 16.0 Å². The van der Waals surface area contributed by atoms with E-state index >= 15 is 0 Å². The second-order valence-corrected chi connectivity index (χ2v) is 33.5. The number of carbonyl (C=O) groups excluding carboxylic acids is 5. The Morgan fingerprint density at radius 3 is 1.00 bits per heavy atom. The molecular formula is C77H151N3O16P2S2. The summed E-state index contributed by atoms with van der Waals surface area (Å²) in [7, 11) is -6.48. The largest absolute Gasteiger partial charge is 0.472 e. The minimum atomic E-state index is -4.66. The number of rotatable bonds is 80. The zero-order valence-corrected chi connectivity index (χ0v) is 67.5. The minimum absolute atomic E-state index is 0.0560. The smallest absolute Gasteiger partial charge is 0.462 e. The predicted molar refractivity (Wildman–Crippen MR) is 414 cm³/mol. The van der Waals surface area contributed by atoms with Crippen molar-refractivity contribution in [1.82, 2.24) is 16.0 Å². The highest BCUT2D eigenvalue weighted by molar-refractivity contribution is 8.76. The highest BCUT2D eigenvalue weighted by Crippen LogP contribution is 2.44. The quantitative estimate of drug-likeness (QED) is 0.0143. The zero-order valence-electron chi connectivity index (χ0n) is 64.1. The fraction of sp³-hybridized carbons (Fsp3) is 0.935. The van der Waals surface area contributed by atoms with E-state index in [9.17, 15) is 48.0 Å². The number of phosphoric ester groups is 2. The molecule has 0 radical (unpaired) electrons. The van der Waals surface area contributed by atoms with Crippen LogP contribution in [0.25, 0.3) is 0 Å². The van der Waals surface area contributed by atoms with E-state index in [2.05, 4.69) is 43.6 Å². The standard InChI is InChI=1S/C77H151N3O16P2S2/c1-5-9-13-17-21-25-29-31-32-34-38-40-44-48-52-56-75(84)80-71(72(81)55-51-47-43-39-37-33-30-26-22-18-14-10-6-2)69-95-98(89,90)93-64-62-79-74(83)60-66-100-99-65-59-73(82)78-61-63-92-97(87,88)94-68-70(96-77(86)58-54-50-46-42-36-28-24-20-16-12-8-4)67-91-76(85)57-53-49-45-41-35-27-23-19-15-11-7-3/h70-72,81H,5-69H2,1-4H3,(H,78,82)(H,79,83)(H,80,84)(H,87,88)(H,89,90)/t70-,71+,72-/m1/s1. The van der Waals surface area contributed by atoms with E-state index in [4.69, 9.17) is 27.6 Å². The first-order valence-electron chi connectivity index (χ1n) is 40.9. The van der Waals surface area contributed by atoms with Crippen molar-refractivity contribution in [3.05, 3.63) is 0 Å². The van der Waals surface area contributed by atoms with Gasteiger partial charge in [-0.2, -0.15) is 0 Å². The molecular weight excluding hydrogens is 1350 g/mol. The Bertz CT molecular complexity index is 1990. The van der Waals surface area contributed by atoms with E-state index in [1.165, 1.54) is 240 Å². The van der Waals surface area contributed by atoms with Crippen molar-refractivity contribution in [1.29, 1.82) is 0 Å². The van der Waals surface area contributed by atoms with Crippen molar-refractivity contribution in [3.8, 4) is 0 Å². The van der Waals surface area contributed by atoms with Gasteiger partial charge in [0.25, 0.3) is 0 Å². The monoisotopic (exact) mass is 1500 g/mol. The maximum Gasteiger partial charge on any atom is 0.472 e. The van der Waals surface area contributed by atoms with Crippen LogP contribution in [0.1, 0.15) is 387 Å². The second kappa shape index (κ2) is 74.1. The van der Waals surface area contributed by atoms with Gasteiger partial charge in [0.15, 0.2) is 6.10 Å². The maximum absolute atomic E-state index is 13.1. The molecule has 19 nitrogen and oxygen atoms in total. The Hall–Kier alpha value is -1.77. The molecule has 6 N–H and O–H groups in total. The van der Waals surface area contributed by atoms with Gasteiger partial charge in [-0.3, -0.25) is 42.1 Å². The molecule has 0 saturated carbocycles. The molecule has 100 heavy (non-hydrogen) atoms. The summed E-state index contributed by atoms with van der Waals surface area (Å²) in [5.74, 6) is -0.958. The van der Waals surface area contributed by atoms with Gasteiger partial charge in [-0.25, -0.2) is 9.13 Å². The van der Waals surface area contributed by atoms with Crippen molar-refractivity contribution in [3.63, 3.8) is 0 Å². The number of amides is 3. The number of unbranched alkanes of at least 4 members (excludes halogenated alkanes) is 46. The number of aliphatic hydroxyl groups excluding tert-OH is 1. The van der Waals surface area contributed by atoms with Crippen LogP contribution >= 0.6 is 37.2 Å². The summed E-state index contributed by atoms with van der Waals surface area (Å²) in [6, 6.07) is -0.898. The first-order chi connectivity index (χ1) is 48.6. The third-order valence-corrected chi connectivity index (χ3v) is 22.6. The number of phosphoric acid groups is 2. The number of nitrogens with one attached hydrogen (secondary N) is 3. The summed E-state index contributed by atoms with van der Waals surface area (Å²) in [6.45, 7) is 6.86. The van der Waals surface area contributed by atoms with Crippen molar-refractivity contribution >= 4 is 66.9 Å². The van der Waals surface area contributed by atoms with Gasteiger partial charge in [0.1, 0.15) is 6.61 Å². The molecule has 0 aromatic rings. The molecule has 2 unspecified atom stereocenters. The average molecular weight is 1500 g/mol. The molecule has 0 bridgehead atoms. The molecule has 0 heterocycles. The van der Waals surface area contributed by atoms with Gasteiger partial charge in [0.05, 0.1) is 38.6 Å². The normalized spacial score (nSPS) is 13.7. The predicted octanol–water partition coefficient (Wildman–Crippen LogP) is 21.1. The molecule has 0 saturated heterocycles. The number of hydrogen-bond donors (Lipinski definition) is 6. The fourth-order valence-corrected chi connectivity index (χ4v) is 15.4. The highest BCUT2D eigenvalue weighted by atomic mass is 33.1. The Morgan fingerprint density at radius 1 is 0.350 bits per heavy atom. The van der Waals surface area contributed by atoms with Gasteiger partial charge in [-0.15, -0.1) is 0 Å². The van der Waals surface area contributed by atoms with Crippen LogP contribution in [0.2, 0.25) is 0 Å². The van der Waals surface area contributed by atoms with Crippen LogP contribution in [-0.4, -0.2) is 120 Å². The van der Waals surface area contributed by atoms with Crippen molar-refractivity contribution < 1.29 is 75.6 Å². The van der Waals surface area contributed by atoms with Crippen LogP contribution in [0.3, 0.4) is 0 Å². The SMILES string of the molecule is CCCCCCCCCCCCCCCCCC(=O)N[C@@H](COP(=O)(O)OCCNC(=O)CCSSCCC(=O)NCCOP(=O)(O)OC[C@@H](COC(=O)CCCCCCCCCCCCC)OC(=O)CCCCCCCCCCCCC)[C@H](O)CCCCCCCCCCCCCCC. The van der Waals surface area contributed by atoms with E-state index in [1.54, 1.807) is 0 Å². The van der Waals surface area contributed by atoms with Gasteiger partial charge in [0.2, 0.25) is 17.7 Å². The molecule has 5 atom stereocenters. The Labute approximate surface area is 618 Å². The van der Waals surface area contributed by atoms with Gasteiger partial charge in [-0.1, -0.05) is 351 Å². The Kier molecular flexibility index (Phi) is 72.8. The molecule has 0 aliphatic carbocycles. The van der Waals surface area contributed by atoms with Gasteiger partial charge < -0.3 is 40.3 Å². The number of hydrogen-bond acceptors (Lipinski definition) is 16. The summed E-state index contributed by atoms with van der Waals surface area (Å²) in [6.07, 6.45) is 58.3. The lowest BCUT2D eigenvalue weighted by molar-refractivity contribution is -0.161.